The van der Waals surface area contributed by atoms with Gasteiger partial charge in [-0.15, -0.1) is 10.2 Å². The van der Waals surface area contributed by atoms with Gasteiger partial charge in [-0.05, 0) is 52.6 Å². The van der Waals surface area contributed by atoms with Gasteiger partial charge >= 0.3 is 0 Å². The van der Waals surface area contributed by atoms with Crippen LogP contribution in [-0.2, 0) is 26.4 Å². The van der Waals surface area contributed by atoms with Crippen LogP contribution in [0.4, 0.5) is 0 Å². The molecule has 8 heteroatoms. The highest BCUT2D eigenvalue weighted by Crippen LogP contribution is 2.29. The lowest BCUT2D eigenvalue weighted by Gasteiger charge is -2.31. The molecule has 0 unspecified atom stereocenters. The minimum atomic E-state index is -0.0222. The maximum atomic E-state index is 13.1. The summed E-state index contributed by atoms with van der Waals surface area (Å²) in [6.07, 6.45) is 6.02. The molecule has 2 aromatic rings. The molecule has 1 aliphatic carbocycles. The van der Waals surface area contributed by atoms with Gasteiger partial charge in [-0.3, -0.25) is 4.79 Å². The Morgan fingerprint density at radius 2 is 2.04 bits per heavy atom. The number of piperidine rings is 1. The van der Waals surface area contributed by atoms with Crippen LogP contribution in [0.1, 0.15) is 65.1 Å². The minimum absolute atomic E-state index is 0.0222. The quantitative estimate of drug-likeness (QED) is 0.814. The summed E-state index contributed by atoms with van der Waals surface area (Å²) in [5.41, 5.74) is 2.00. The number of carbonyl (C=O) groups excluding carboxylic acids is 1. The van der Waals surface area contributed by atoms with E-state index in [1.54, 1.807) is 0 Å². The molecule has 1 fully saturated rings. The second-order valence-electron chi connectivity index (χ2n) is 8.01. The number of nitrogens with zero attached hydrogens (tertiary/aromatic N) is 6. The van der Waals surface area contributed by atoms with Crippen molar-refractivity contribution in [2.45, 2.75) is 51.0 Å². The van der Waals surface area contributed by atoms with Gasteiger partial charge in [0.05, 0.1) is 12.2 Å². The molecular weight excluding hydrogens is 344 g/mol. The lowest BCUT2D eigenvalue weighted by atomic mass is 9.94. The molecule has 8 nitrogen and oxygen atoms in total. The van der Waals surface area contributed by atoms with Gasteiger partial charge in [0.1, 0.15) is 11.6 Å². The van der Waals surface area contributed by atoms with E-state index >= 15 is 0 Å². The van der Waals surface area contributed by atoms with E-state index in [2.05, 4.69) is 24.8 Å². The normalized spacial score (nSPS) is 20.1. The summed E-state index contributed by atoms with van der Waals surface area (Å²) >= 11 is 0. The zero-order chi connectivity index (χ0) is 19.0. The molecule has 0 bridgehead atoms. The number of likely N-dealkylation sites (tertiary alicyclic amines) is 1. The number of aromatic nitrogens is 4. The van der Waals surface area contributed by atoms with Crippen molar-refractivity contribution < 1.29 is 9.32 Å². The summed E-state index contributed by atoms with van der Waals surface area (Å²) in [5, 5.41) is 12.9. The maximum absolute atomic E-state index is 13.1. The number of hydrogen-bond donors (Lipinski definition) is 0. The number of hydrogen-bond acceptors (Lipinski definition) is 6. The SMILES string of the molecule is CN(C)Cc1nnc([C@H]2CCCN(C(=O)c3onc4c3CCCC4)C2)n1C. The van der Waals surface area contributed by atoms with Crippen molar-refractivity contribution >= 4 is 5.91 Å². The van der Waals surface area contributed by atoms with Crippen LogP contribution in [0, 0.1) is 0 Å². The minimum Gasteiger partial charge on any atom is -0.350 e. The second-order valence-corrected chi connectivity index (χ2v) is 8.01. The van der Waals surface area contributed by atoms with Crippen LogP contribution < -0.4 is 0 Å². The molecule has 0 radical (unpaired) electrons. The topological polar surface area (TPSA) is 80.3 Å². The molecule has 1 amide bonds. The average Bonchev–Trinajstić information content (AvgIpc) is 3.25. The van der Waals surface area contributed by atoms with E-state index in [0.29, 0.717) is 12.3 Å². The first-order valence-electron chi connectivity index (χ1n) is 9.84. The predicted octanol–water partition coefficient (Wildman–Crippen LogP) is 1.76. The molecule has 1 atom stereocenters. The van der Waals surface area contributed by atoms with Crippen LogP contribution in [0.3, 0.4) is 0 Å². The van der Waals surface area contributed by atoms with Crippen molar-refractivity contribution in [1.29, 1.82) is 0 Å². The Morgan fingerprint density at radius 3 is 2.85 bits per heavy atom. The lowest BCUT2D eigenvalue weighted by Crippen LogP contribution is -2.40. The molecule has 3 heterocycles. The molecule has 0 saturated carbocycles. The van der Waals surface area contributed by atoms with Gasteiger partial charge in [0.2, 0.25) is 5.76 Å². The third-order valence-electron chi connectivity index (χ3n) is 5.68. The summed E-state index contributed by atoms with van der Waals surface area (Å²) in [5.74, 6) is 2.55. The molecule has 2 aliphatic rings. The molecule has 0 spiro atoms. The molecule has 146 valence electrons. The summed E-state index contributed by atoms with van der Waals surface area (Å²) < 4.78 is 7.54. The first kappa shape index (κ1) is 18.2. The van der Waals surface area contributed by atoms with Crippen LogP contribution >= 0.6 is 0 Å². The Kier molecular flexibility index (Phi) is 4.99. The molecule has 4 rings (SSSR count). The summed E-state index contributed by atoms with van der Waals surface area (Å²) in [7, 11) is 6.06. The second kappa shape index (κ2) is 7.42. The molecule has 2 aromatic heterocycles. The van der Waals surface area contributed by atoms with Crippen LogP contribution in [0.5, 0.6) is 0 Å². The number of fused-ring (bicyclic) bond motifs is 1. The van der Waals surface area contributed by atoms with Gasteiger partial charge in [-0.25, -0.2) is 0 Å². The Balaban J connectivity index is 1.51. The van der Waals surface area contributed by atoms with Crippen molar-refractivity contribution in [3.8, 4) is 0 Å². The number of amides is 1. The van der Waals surface area contributed by atoms with E-state index in [-0.39, 0.29) is 11.8 Å². The van der Waals surface area contributed by atoms with Crippen molar-refractivity contribution in [2.75, 3.05) is 27.2 Å². The van der Waals surface area contributed by atoms with Gasteiger partial charge in [0.25, 0.3) is 5.91 Å². The largest absolute Gasteiger partial charge is 0.350 e. The fourth-order valence-electron chi connectivity index (χ4n) is 4.23. The zero-order valence-corrected chi connectivity index (χ0v) is 16.4. The highest BCUT2D eigenvalue weighted by atomic mass is 16.5. The van der Waals surface area contributed by atoms with E-state index in [1.165, 1.54) is 0 Å². The van der Waals surface area contributed by atoms with Gasteiger partial charge in [-0.1, -0.05) is 5.16 Å². The van der Waals surface area contributed by atoms with E-state index in [0.717, 1.165) is 74.5 Å². The highest BCUT2D eigenvalue weighted by molar-refractivity contribution is 5.93. The third-order valence-corrected chi connectivity index (χ3v) is 5.68. The van der Waals surface area contributed by atoms with E-state index in [9.17, 15) is 4.79 Å². The van der Waals surface area contributed by atoms with E-state index in [4.69, 9.17) is 4.52 Å². The Hall–Kier alpha value is -2.22. The first-order chi connectivity index (χ1) is 13.0. The fourth-order valence-corrected chi connectivity index (χ4v) is 4.23. The van der Waals surface area contributed by atoms with Crippen molar-refractivity contribution in [1.82, 2.24) is 29.7 Å². The molecular formula is C19H28N6O2. The van der Waals surface area contributed by atoms with Gasteiger partial charge in [0.15, 0.2) is 0 Å². The maximum Gasteiger partial charge on any atom is 0.292 e. The Morgan fingerprint density at radius 1 is 1.22 bits per heavy atom. The zero-order valence-electron chi connectivity index (χ0n) is 16.4. The molecule has 27 heavy (non-hydrogen) atoms. The van der Waals surface area contributed by atoms with Crippen LogP contribution in [0.25, 0.3) is 0 Å². The van der Waals surface area contributed by atoms with Crippen molar-refractivity contribution in [2.24, 2.45) is 7.05 Å². The number of aryl methyl sites for hydroxylation is 1. The summed E-state index contributed by atoms with van der Waals surface area (Å²) in [4.78, 5) is 17.1. The molecule has 0 aromatic carbocycles. The molecule has 1 saturated heterocycles. The number of carbonyl (C=O) groups is 1. The van der Waals surface area contributed by atoms with Crippen LogP contribution in [-0.4, -0.2) is 62.8 Å². The Bertz CT molecular complexity index is 824. The van der Waals surface area contributed by atoms with Gasteiger partial charge in [0, 0.05) is 31.6 Å². The fraction of sp³-hybridized carbons (Fsp3) is 0.684. The van der Waals surface area contributed by atoms with E-state index < -0.39 is 0 Å². The number of rotatable bonds is 4. The first-order valence-corrected chi connectivity index (χ1v) is 9.84. The van der Waals surface area contributed by atoms with Crippen molar-refractivity contribution in [3.05, 3.63) is 28.7 Å². The van der Waals surface area contributed by atoms with Gasteiger partial charge < -0.3 is 18.9 Å². The van der Waals surface area contributed by atoms with Crippen molar-refractivity contribution in [3.63, 3.8) is 0 Å². The average molecular weight is 372 g/mol. The Labute approximate surface area is 159 Å². The molecule has 0 N–H and O–H groups in total. The predicted molar refractivity (Wildman–Crippen MR) is 99.4 cm³/mol. The standard InChI is InChI=1S/C19H28N6O2/c1-23(2)12-16-20-21-18(24(16)3)13-7-6-10-25(11-13)19(26)17-14-8-4-5-9-15(14)22-27-17/h13H,4-12H2,1-3H3/t13-/m0/s1. The summed E-state index contributed by atoms with van der Waals surface area (Å²) in [6, 6.07) is 0. The van der Waals surface area contributed by atoms with Gasteiger partial charge in [-0.2, -0.15) is 0 Å². The lowest BCUT2D eigenvalue weighted by molar-refractivity contribution is 0.0660. The monoisotopic (exact) mass is 372 g/mol. The smallest absolute Gasteiger partial charge is 0.292 e. The van der Waals surface area contributed by atoms with E-state index in [1.807, 2.05) is 26.0 Å². The summed E-state index contributed by atoms with van der Waals surface area (Å²) in [6.45, 7) is 2.17. The third kappa shape index (κ3) is 3.50. The highest BCUT2D eigenvalue weighted by Gasteiger charge is 2.33. The van der Waals surface area contributed by atoms with Crippen LogP contribution in [0.15, 0.2) is 4.52 Å². The molecule has 1 aliphatic heterocycles. The van der Waals surface area contributed by atoms with Crippen LogP contribution in [0.2, 0.25) is 0 Å².